The summed E-state index contributed by atoms with van der Waals surface area (Å²) in [5.74, 6) is -0.599. The Morgan fingerprint density at radius 2 is 2.08 bits per heavy atom. The fraction of sp³-hybridized carbons (Fsp3) is 0.389. The molecular formula is C18H21N5O3. The summed E-state index contributed by atoms with van der Waals surface area (Å²) in [5.41, 5.74) is 3.91. The van der Waals surface area contributed by atoms with Crippen LogP contribution in [0.3, 0.4) is 0 Å². The molecule has 26 heavy (non-hydrogen) atoms. The third-order valence-corrected chi connectivity index (χ3v) is 4.28. The van der Waals surface area contributed by atoms with Gasteiger partial charge >= 0.3 is 5.97 Å². The number of carbonyl (C=O) groups excluding carboxylic acids is 2. The molecule has 8 heteroatoms. The number of esters is 1. The van der Waals surface area contributed by atoms with Crippen molar-refractivity contribution < 1.29 is 14.3 Å². The number of carbonyl (C=O) groups is 2. The van der Waals surface area contributed by atoms with Gasteiger partial charge < -0.3 is 4.74 Å². The van der Waals surface area contributed by atoms with E-state index in [0.29, 0.717) is 5.95 Å². The van der Waals surface area contributed by atoms with Crippen molar-refractivity contribution in [3.05, 3.63) is 29.0 Å². The van der Waals surface area contributed by atoms with Gasteiger partial charge in [0, 0.05) is 5.39 Å². The molecule has 3 rings (SSSR count). The van der Waals surface area contributed by atoms with E-state index in [-0.39, 0.29) is 24.8 Å². The molecule has 2 aromatic rings. The summed E-state index contributed by atoms with van der Waals surface area (Å²) < 4.78 is 4.59. The van der Waals surface area contributed by atoms with E-state index in [1.165, 1.54) is 7.11 Å². The first-order chi connectivity index (χ1) is 12.4. The van der Waals surface area contributed by atoms with Gasteiger partial charge in [-0.2, -0.15) is 0 Å². The van der Waals surface area contributed by atoms with Gasteiger partial charge in [0.05, 0.1) is 37.2 Å². The van der Waals surface area contributed by atoms with Crippen LogP contribution in [0.1, 0.15) is 23.2 Å². The maximum atomic E-state index is 12.1. The molecule has 8 nitrogen and oxygen atoms in total. The van der Waals surface area contributed by atoms with E-state index >= 15 is 0 Å². The normalized spacial score (nSPS) is 16.8. The maximum Gasteiger partial charge on any atom is 0.306 e. The zero-order valence-corrected chi connectivity index (χ0v) is 15.2. The third kappa shape index (κ3) is 3.63. The molecular weight excluding hydrogens is 334 g/mol. The standard InChI is InChI=1S/C18H21N5O3/c1-9-5-10(2)15-13(6-9)11(3)20-18(21-15)23-17-19-8-12(16(25)22-17)7-14(24)26-4/h5-6,12H,7-8H2,1-4H3,(H2,19,20,21,22,23,25)/t12-/m0/s1. The summed E-state index contributed by atoms with van der Waals surface area (Å²) >= 11 is 0. The SMILES string of the molecule is COC(=O)C[C@H]1CN=C(Nc2nc(C)c3cc(C)cc(C)c3n2)NC1=O. The van der Waals surface area contributed by atoms with Gasteiger partial charge in [-0.05, 0) is 32.4 Å². The van der Waals surface area contributed by atoms with Gasteiger partial charge in [-0.15, -0.1) is 0 Å². The molecule has 0 fully saturated rings. The van der Waals surface area contributed by atoms with Crippen molar-refractivity contribution in [3.8, 4) is 0 Å². The lowest BCUT2D eigenvalue weighted by Crippen LogP contribution is -2.45. The molecule has 0 bridgehead atoms. The van der Waals surface area contributed by atoms with Crippen molar-refractivity contribution in [2.75, 3.05) is 19.0 Å². The summed E-state index contributed by atoms with van der Waals surface area (Å²) in [4.78, 5) is 36.7. The zero-order chi connectivity index (χ0) is 18.8. The van der Waals surface area contributed by atoms with Crippen LogP contribution < -0.4 is 10.6 Å². The molecule has 0 saturated heterocycles. The number of rotatable bonds is 3. The molecule has 1 aromatic carbocycles. The number of aryl methyl sites for hydroxylation is 3. The smallest absolute Gasteiger partial charge is 0.306 e. The molecule has 1 aromatic heterocycles. The Morgan fingerprint density at radius 3 is 2.77 bits per heavy atom. The van der Waals surface area contributed by atoms with Crippen molar-refractivity contribution in [2.45, 2.75) is 27.2 Å². The second-order valence-electron chi connectivity index (χ2n) is 6.39. The molecule has 136 valence electrons. The minimum atomic E-state index is -0.530. The van der Waals surface area contributed by atoms with Crippen molar-refractivity contribution in [1.82, 2.24) is 15.3 Å². The number of ether oxygens (including phenoxy) is 1. The molecule has 2 heterocycles. The summed E-state index contributed by atoms with van der Waals surface area (Å²) in [6.45, 7) is 6.16. The number of benzene rings is 1. The van der Waals surface area contributed by atoms with Gasteiger partial charge in [0.2, 0.25) is 17.8 Å². The molecule has 0 radical (unpaired) electrons. The molecule has 1 aliphatic rings. The largest absolute Gasteiger partial charge is 0.469 e. The molecule has 0 saturated carbocycles. The summed E-state index contributed by atoms with van der Waals surface area (Å²) in [6, 6.07) is 4.12. The van der Waals surface area contributed by atoms with E-state index in [9.17, 15) is 9.59 Å². The van der Waals surface area contributed by atoms with Gasteiger partial charge in [0.15, 0.2) is 0 Å². The highest BCUT2D eigenvalue weighted by Crippen LogP contribution is 2.22. The lowest BCUT2D eigenvalue weighted by Gasteiger charge is -2.21. The van der Waals surface area contributed by atoms with Crippen LogP contribution in [0.5, 0.6) is 0 Å². The number of fused-ring (bicyclic) bond motifs is 1. The molecule has 1 atom stereocenters. The highest BCUT2D eigenvalue weighted by atomic mass is 16.5. The Hall–Kier alpha value is -3.03. The van der Waals surface area contributed by atoms with Crippen molar-refractivity contribution in [2.24, 2.45) is 10.9 Å². The molecule has 2 N–H and O–H groups in total. The molecule has 1 amide bonds. The Balaban J connectivity index is 1.81. The van der Waals surface area contributed by atoms with Crippen molar-refractivity contribution in [1.29, 1.82) is 0 Å². The van der Waals surface area contributed by atoms with Gasteiger partial charge in [0.1, 0.15) is 0 Å². The number of hydrogen-bond donors (Lipinski definition) is 2. The summed E-state index contributed by atoms with van der Waals surface area (Å²) in [7, 11) is 1.29. The van der Waals surface area contributed by atoms with Crippen LogP contribution >= 0.6 is 0 Å². The van der Waals surface area contributed by atoms with E-state index in [1.54, 1.807) is 0 Å². The second kappa shape index (κ2) is 7.07. The van der Waals surface area contributed by atoms with E-state index in [2.05, 4.69) is 42.5 Å². The number of nitrogens with zero attached hydrogens (tertiary/aromatic N) is 3. The highest BCUT2D eigenvalue weighted by Gasteiger charge is 2.27. The number of aromatic nitrogens is 2. The van der Waals surface area contributed by atoms with Crippen LogP contribution in [0, 0.1) is 26.7 Å². The molecule has 0 spiro atoms. The van der Waals surface area contributed by atoms with Gasteiger partial charge in [-0.3, -0.25) is 25.2 Å². The minimum absolute atomic E-state index is 0.00322. The number of anilines is 1. The maximum absolute atomic E-state index is 12.1. The number of nitrogens with one attached hydrogen (secondary N) is 2. The van der Waals surface area contributed by atoms with Crippen LogP contribution in [-0.2, 0) is 14.3 Å². The molecule has 0 unspecified atom stereocenters. The van der Waals surface area contributed by atoms with E-state index in [0.717, 1.165) is 27.7 Å². The molecule has 0 aliphatic carbocycles. The molecule has 1 aliphatic heterocycles. The number of hydrogen-bond acceptors (Lipinski definition) is 7. The average molecular weight is 355 g/mol. The lowest BCUT2D eigenvalue weighted by atomic mass is 10.0. The first kappa shape index (κ1) is 17.8. The second-order valence-corrected chi connectivity index (χ2v) is 6.39. The fourth-order valence-electron chi connectivity index (χ4n) is 2.95. The lowest BCUT2D eigenvalue weighted by molar-refractivity contribution is -0.143. The topological polar surface area (TPSA) is 106 Å². The summed E-state index contributed by atoms with van der Waals surface area (Å²) in [5, 5.41) is 6.60. The quantitative estimate of drug-likeness (QED) is 0.811. The first-order valence-corrected chi connectivity index (χ1v) is 8.32. The van der Waals surface area contributed by atoms with Gasteiger partial charge in [-0.25, -0.2) is 9.97 Å². The minimum Gasteiger partial charge on any atom is -0.469 e. The van der Waals surface area contributed by atoms with Crippen molar-refractivity contribution in [3.63, 3.8) is 0 Å². The Labute approximate surface area is 151 Å². The number of amides is 1. The van der Waals surface area contributed by atoms with E-state index in [4.69, 9.17) is 0 Å². The Kier molecular flexibility index (Phi) is 4.83. The predicted molar refractivity (Wildman–Crippen MR) is 97.9 cm³/mol. The summed E-state index contributed by atoms with van der Waals surface area (Å²) in [6.07, 6.45) is 0.00322. The highest BCUT2D eigenvalue weighted by molar-refractivity contribution is 6.06. The Morgan fingerprint density at radius 1 is 1.31 bits per heavy atom. The van der Waals surface area contributed by atoms with Crippen LogP contribution in [0.25, 0.3) is 10.9 Å². The average Bonchev–Trinajstić information content (AvgIpc) is 2.58. The number of methoxy groups -OCH3 is 1. The third-order valence-electron chi connectivity index (χ3n) is 4.28. The van der Waals surface area contributed by atoms with Crippen LogP contribution in [0.4, 0.5) is 5.95 Å². The van der Waals surface area contributed by atoms with Gasteiger partial charge in [-0.1, -0.05) is 11.6 Å². The van der Waals surface area contributed by atoms with Gasteiger partial charge in [0.25, 0.3) is 0 Å². The fourth-order valence-corrected chi connectivity index (χ4v) is 2.95. The predicted octanol–water partition coefficient (Wildman–Crippen LogP) is 1.63. The van der Waals surface area contributed by atoms with Crippen LogP contribution in [0.2, 0.25) is 0 Å². The van der Waals surface area contributed by atoms with Crippen molar-refractivity contribution >= 4 is 34.7 Å². The number of aliphatic imine (C=N–C) groups is 1. The van der Waals surface area contributed by atoms with Crippen LogP contribution in [-0.4, -0.2) is 41.5 Å². The Bertz CT molecular complexity index is 923. The van der Waals surface area contributed by atoms with E-state index < -0.39 is 11.9 Å². The number of guanidine groups is 1. The van der Waals surface area contributed by atoms with Crippen LogP contribution in [0.15, 0.2) is 17.1 Å². The van der Waals surface area contributed by atoms with E-state index in [1.807, 2.05) is 20.8 Å². The monoisotopic (exact) mass is 355 g/mol. The first-order valence-electron chi connectivity index (χ1n) is 8.32. The zero-order valence-electron chi connectivity index (χ0n) is 15.2.